The maximum Gasteiger partial charge on any atom is 0.343 e. The van der Waals surface area contributed by atoms with Gasteiger partial charge in [-0.25, -0.2) is 9.18 Å². The van der Waals surface area contributed by atoms with Gasteiger partial charge in [-0.05, 0) is 40.2 Å². The molecule has 0 amide bonds. The lowest BCUT2D eigenvalue weighted by Gasteiger charge is -2.08. The summed E-state index contributed by atoms with van der Waals surface area (Å²) in [5, 5.41) is 0. The van der Waals surface area contributed by atoms with Gasteiger partial charge in [0.05, 0.1) is 12.8 Å². The number of rotatable bonds is 2. The monoisotopic (exact) mass is 325 g/mol. The number of hydrogen-bond acceptors (Lipinski definition) is 3. The third-order valence-electron chi connectivity index (χ3n) is 2.48. The van der Waals surface area contributed by atoms with Crippen LogP contribution >= 0.6 is 15.9 Å². The summed E-state index contributed by atoms with van der Waals surface area (Å²) in [4.78, 5) is 23.7. The molecule has 0 saturated carbocycles. The van der Waals surface area contributed by atoms with E-state index in [0.717, 1.165) is 0 Å². The molecule has 4 nitrogen and oxygen atoms in total. The summed E-state index contributed by atoms with van der Waals surface area (Å²) >= 11 is 3.20. The fourth-order valence-electron chi connectivity index (χ4n) is 1.62. The Balaban J connectivity index is 2.68. The molecule has 0 aliphatic carbocycles. The molecule has 0 bridgehead atoms. The van der Waals surface area contributed by atoms with Crippen molar-refractivity contribution in [3.8, 4) is 5.69 Å². The van der Waals surface area contributed by atoms with E-state index in [2.05, 4.69) is 20.7 Å². The van der Waals surface area contributed by atoms with Crippen LogP contribution in [0.1, 0.15) is 10.4 Å². The molecule has 19 heavy (non-hydrogen) atoms. The molecule has 0 N–H and O–H groups in total. The largest absolute Gasteiger partial charge is 0.465 e. The normalized spacial score (nSPS) is 10.3. The fraction of sp³-hybridized carbons (Fsp3) is 0.0769. The Bertz CT molecular complexity index is 697. The third-order valence-corrected chi connectivity index (χ3v) is 2.91. The Hall–Kier alpha value is -1.95. The third kappa shape index (κ3) is 2.73. The van der Waals surface area contributed by atoms with Crippen LogP contribution in [0.3, 0.4) is 0 Å². The van der Waals surface area contributed by atoms with Gasteiger partial charge in [0.1, 0.15) is 11.4 Å². The molecule has 0 spiro atoms. The number of methoxy groups -OCH3 is 1. The summed E-state index contributed by atoms with van der Waals surface area (Å²) in [7, 11) is 1.19. The highest BCUT2D eigenvalue weighted by Crippen LogP contribution is 2.14. The van der Waals surface area contributed by atoms with Gasteiger partial charge in [0, 0.05) is 10.7 Å². The molecule has 0 atom stereocenters. The van der Waals surface area contributed by atoms with Gasteiger partial charge in [-0.1, -0.05) is 6.07 Å². The predicted octanol–water partition coefficient (Wildman–Crippen LogP) is 2.53. The summed E-state index contributed by atoms with van der Waals surface area (Å²) in [6.45, 7) is 0. The van der Waals surface area contributed by atoms with Crippen molar-refractivity contribution in [1.82, 2.24) is 4.57 Å². The molecule has 0 fully saturated rings. The number of carbonyl (C=O) groups excluding carboxylic acids is 1. The number of nitrogens with zero attached hydrogens (tertiary/aromatic N) is 1. The second kappa shape index (κ2) is 5.36. The van der Waals surface area contributed by atoms with Gasteiger partial charge in [0.15, 0.2) is 0 Å². The Morgan fingerprint density at radius 2 is 2.11 bits per heavy atom. The average Bonchev–Trinajstić information content (AvgIpc) is 2.40. The summed E-state index contributed by atoms with van der Waals surface area (Å²) in [5.74, 6) is -1.21. The lowest BCUT2D eigenvalue weighted by Crippen LogP contribution is -2.25. The molecule has 1 heterocycles. The number of hydrogen-bond donors (Lipinski definition) is 0. The first-order chi connectivity index (χ1) is 9.02. The van der Waals surface area contributed by atoms with Crippen molar-refractivity contribution in [2.24, 2.45) is 0 Å². The minimum atomic E-state index is -0.739. The maximum absolute atomic E-state index is 13.2. The van der Waals surface area contributed by atoms with Crippen molar-refractivity contribution in [2.75, 3.05) is 7.11 Å². The SMILES string of the molecule is COC(=O)c1cc(Br)cn(-c2cccc(F)c2)c1=O. The molecular weight excluding hydrogens is 317 g/mol. The van der Waals surface area contributed by atoms with Crippen molar-refractivity contribution in [3.05, 3.63) is 62.7 Å². The predicted molar refractivity (Wildman–Crippen MR) is 71.0 cm³/mol. The highest BCUT2D eigenvalue weighted by Gasteiger charge is 2.15. The number of carbonyl (C=O) groups is 1. The zero-order valence-electron chi connectivity index (χ0n) is 9.89. The molecule has 0 aliphatic heterocycles. The molecule has 2 aromatic rings. The van der Waals surface area contributed by atoms with Crippen LogP contribution in [0.2, 0.25) is 0 Å². The van der Waals surface area contributed by atoms with Gasteiger partial charge < -0.3 is 4.74 Å². The molecule has 1 aromatic carbocycles. The van der Waals surface area contributed by atoms with E-state index < -0.39 is 17.3 Å². The van der Waals surface area contributed by atoms with Crippen LogP contribution < -0.4 is 5.56 Å². The van der Waals surface area contributed by atoms with Crippen LogP contribution in [0.25, 0.3) is 5.69 Å². The number of esters is 1. The quantitative estimate of drug-likeness (QED) is 0.797. The van der Waals surface area contributed by atoms with Gasteiger partial charge in [-0.2, -0.15) is 0 Å². The van der Waals surface area contributed by atoms with Crippen molar-refractivity contribution in [2.45, 2.75) is 0 Å². The second-order valence-corrected chi connectivity index (χ2v) is 4.63. The average molecular weight is 326 g/mol. The number of pyridine rings is 1. The van der Waals surface area contributed by atoms with Crippen LogP contribution in [0.15, 0.2) is 45.8 Å². The smallest absolute Gasteiger partial charge is 0.343 e. The topological polar surface area (TPSA) is 48.3 Å². The van der Waals surface area contributed by atoms with Gasteiger partial charge >= 0.3 is 5.97 Å². The lowest BCUT2D eigenvalue weighted by atomic mass is 10.2. The summed E-state index contributed by atoms with van der Waals surface area (Å²) in [5.41, 5.74) is -0.363. The van der Waals surface area contributed by atoms with Gasteiger partial charge in [0.25, 0.3) is 5.56 Å². The minimum Gasteiger partial charge on any atom is -0.465 e. The number of halogens is 2. The van der Waals surface area contributed by atoms with Crippen molar-refractivity contribution in [3.63, 3.8) is 0 Å². The molecule has 1 aromatic heterocycles. The van der Waals surface area contributed by atoms with Gasteiger partial charge in [-0.15, -0.1) is 0 Å². The standard InChI is InChI=1S/C13H9BrFNO3/c1-19-13(18)11-5-8(14)7-16(12(11)17)10-4-2-3-9(15)6-10/h2-7H,1H3. The molecule has 0 unspecified atom stereocenters. The minimum absolute atomic E-state index is 0.124. The number of aromatic nitrogens is 1. The molecule has 6 heteroatoms. The van der Waals surface area contributed by atoms with Crippen LogP contribution in [0.5, 0.6) is 0 Å². The molecule has 0 aliphatic rings. The van der Waals surface area contributed by atoms with Crippen LogP contribution in [0.4, 0.5) is 4.39 Å². The fourth-order valence-corrected chi connectivity index (χ4v) is 2.06. The highest BCUT2D eigenvalue weighted by molar-refractivity contribution is 9.10. The Morgan fingerprint density at radius 3 is 2.74 bits per heavy atom. The van der Waals surface area contributed by atoms with E-state index in [1.54, 1.807) is 6.07 Å². The van der Waals surface area contributed by atoms with E-state index in [1.165, 1.54) is 42.1 Å². The van der Waals surface area contributed by atoms with Crippen LogP contribution in [-0.4, -0.2) is 17.6 Å². The van der Waals surface area contributed by atoms with Crippen LogP contribution in [0, 0.1) is 5.82 Å². The van der Waals surface area contributed by atoms with Crippen LogP contribution in [-0.2, 0) is 4.74 Å². The Kier molecular flexibility index (Phi) is 3.80. The van der Waals surface area contributed by atoms with Crippen molar-refractivity contribution in [1.29, 1.82) is 0 Å². The first kappa shape index (κ1) is 13.5. The van der Waals surface area contributed by atoms with Gasteiger partial charge in [0.2, 0.25) is 0 Å². The Labute approximate surface area is 116 Å². The van der Waals surface area contributed by atoms with E-state index in [4.69, 9.17) is 0 Å². The van der Waals surface area contributed by atoms with E-state index in [1.807, 2.05) is 0 Å². The van der Waals surface area contributed by atoms with Crippen molar-refractivity contribution < 1.29 is 13.9 Å². The van der Waals surface area contributed by atoms with Gasteiger partial charge in [-0.3, -0.25) is 9.36 Å². The first-order valence-corrected chi connectivity index (χ1v) is 6.08. The lowest BCUT2D eigenvalue weighted by molar-refractivity contribution is 0.0598. The molecule has 0 saturated heterocycles. The van der Waals surface area contributed by atoms with E-state index >= 15 is 0 Å². The number of benzene rings is 1. The van der Waals surface area contributed by atoms with E-state index in [-0.39, 0.29) is 5.56 Å². The van der Waals surface area contributed by atoms with E-state index in [9.17, 15) is 14.0 Å². The zero-order valence-corrected chi connectivity index (χ0v) is 11.5. The zero-order chi connectivity index (χ0) is 14.0. The molecule has 2 rings (SSSR count). The molecule has 0 radical (unpaired) electrons. The Morgan fingerprint density at radius 1 is 1.37 bits per heavy atom. The maximum atomic E-state index is 13.2. The summed E-state index contributed by atoms with van der Waals surface area (Å²) in [6.07, 6.45) is 1.46. The number of ether oxygens (including phenoxy) is 1. The molecular formula is C13H9BrFNO3. The van der Waals surface area contributed by atoms with Crippen molar-refractivity contribution >= 4 is 21.9 Å². The van der Waals surface area contributed by atoms with E-state index in [0.29, 0.717) is 10.2 Å². The molecule has 98 valence electrons. The summed E-state index contributed by atoms with van der Waals surface area (Å²) < 4.78 is 19.4. The first-order valence-electron chi connectivity index (χ1n) is 5.29. The second-order valence-electron chi connectivity index (χ2n) is 3.72. The summed E-state index contributed by atoms with van der Waals surface area (Å²) in [6, 6.07) is 6.89. The highest BCUT2D eigenvalue weighted by atomic mass is 79.9.